The maximum atomic E-state index is 2.53. The topological polar surface area (TPSA) is 8.81 Å². The molecular formula is C28H47N2+. The Kier molecular flexibility index (Phi) is 13.3. The van der Waals surface area contributed by atoms with Crippen LogP contribution in [0.3, 0.4) is 0 Å². The third-order valence-electron chi connectivity index (χ3n) is 6.30. The molecule has 30 heavy (non-hydrogen) atoms. The van der Waals surface area contributed by atoms with Crippen molar-refractivity contribution >= 4 is 0 Å². The molecule has 2 aromatic rings. The molecule has 0 spiro atoms. The number of aryl methyl sites for hydroxylation is 3. The lowest BCUT2D eigenvalue weighted by Gasteiger charge is -2.06. The van der Waals surface area contributed by atoms with Crippen LogP contribution >= 0.6 is 0 Å². The summed E-state index contributed by atoms with van der Waals surface area (Å²) in [7, 11) is 0. The van der Waals surface area contributed by atoms with E-state index in [1.807, 2.05) is 0 Å². The number of imidazole rings is 1. The second-order valence-corrected chi connectivity index (χ2v) is 8.98. The molecule has 0 aliphatic heterocycles. The zero-order valence-corrected chi connectivity index (χ0v) is 20.0. The van der Waals surface area contributed by atoms with Crippen LogP contribution in [0.15, 0.2) is 42.7 Å². The normalized spacial score (nSPS) is 11.3. The maximum Gasteiger partial charge on any atom is 0.256 e. The van der Waals surface area contributed by atoms with Crippen LogP contribution in [-0.4, -0.2) is 4.57 Å². The molecule has 0 aliphatic rings. The fourth-order valence-electron chi connectivity index (χ4n) is 4.39. The molecule has 1 heterocycles. The van der Waals surface area contributed by atoms with Crippen molar-refractivity contribution in [3.63, 3.8) is 0 Å². The summed E-state index contributed by atoms with van der Waals surface area (Å²) in [6.07, 6.45) is 24.9. The van der Waals surface area contributed by atoms with Crippen molar-refractivity contribution in [3.8, 4) is 0 Å². The molecule has 1 aromatic carbocycles. The Bertz CT molecular complexity index is 644. The molecule has 0 aliphatic carbocycles. The van der Waals surface area contributed by atoms with Crippen molar-refractivity contribution < 1.29 is 4.57 Å². The van der Waals surface area contributed by atoms with Gasteiger partial charge in [0.2, 0.25) is 0 Å². The summed E-state index contributed by atoms with van der Waals surface area (Å²) in [6.45, 7) is 6.90. The Labute approximate surface area is 186 Å². The molecule has 0 unspecified atom stereocenters. The fourth-order valence-corrected chi connectivity index (χ4v) is 4.39. The molecule has 0 amide bonds. The highest BCUT2D eigenvalue weighted by Crippen LogP contribution is 2.12. The Morgan fingerprint density at radius 1 is 0.667 bits per heavy atom. The molecule has 2 nitrogen and oxygen atoms in total. The molecule has 0 radical (unpaired) electrons. The number of rotatable bonds is 18. The van der Waals surface area contributed by atoms with Crippen LogP contribution in [-0.2, 0) is 25.9 Å². The lowest BCUT2D eigenvalue weighted by molar-refractivity contribution is -0.704. The number of hydrogen-bond acceptors (Lipinski definition) is 0. The molecule has 0 saturated heterocycles. The quantitative estimate of drug-likeness (QED) is 0.176. The standard InChI is InChI=1S/C28H47N2/c1-3-5-7-8-9-10-11-12-13-17-22-28-29(23-6-4-2)25-26-30(28)24-18-21-27-19-15-14-16-20-27/h14-16,19-20,25-26H,3-13,17-18,21-24H2,1-2H3/q+1. The zero-order valence-electron chi connectivity index (χ0n) is 20.0. The minimum Gasteiger partial charge on any atom is -0.234 e. The number of aromatic nitrogens is 2. The highest BCUT2D eigenvalue weighted by atomic mass is 15.1. The number of hydrogen-bond donors (Lipinski definition) is 0. The van der Waals surface area contributed by atoms with Gasteiger partial charge in [-0.1, -0.05) is 108 Å². The van der Waals surface area contributed by atoms with Crippen molar-refractivity contribution in [2.45, 2.75) is 123 Å². The van der Waals surface area contributed by atoms with Crippen LogP contribution in [0, 0.1) is 0 Å². The maximum absolute atomic E-state index is 2.53. The molecule has 2 rings (SSSR count). The number of benzene rings is 1. The third kappa shape index (κ3) is 9.96. The monoisotopic (exact) mass is 411 g/mol. The van der Waals surface area contributed by atoms with Crippen molar-refractivity contribution in [2.75, 3.05) is 0 Å². The zero-order chi connectivity index (χ0) is 21.3. The summed E-state index contributed by atoms with van der Waals surface area (Å²) >= 11 is 0. The SMILES string of the molecule is CCCCCCCCCCCCc1n(CCCC)cc[n+]1CCCc1ccccc1. The van der Waals surface area contributed by atoms with Gasteiger partial charge in [-0.2, -0.15) is 0 Å². The first kappa shape index (κ1) is 24.7. The molecule has 0 atom stereocenters. The first-order valence-corrected chi connectivity index (χ1v) is 13.0. The molecule has 0 bridgehead atoms. The van der Waals surface area contributed by atoms with Gasteiger partial charge in [-0.3, -0.25) is 0 Å². The predicted octanol–water partition coefficient (Wildman–Crippen LogP) is 7.67. The molecule has 2 heteroatoms. The summed E-state index contributed by atoms with van der Waals surface area (Å²) in [6, 6.07) is 10.9. The van der Waals surface area contributed by atoms with Crippen LogP contribution in [0.25, 0.3) is 0 Å². The van der Waals surface area contributed by atoms with Gasteiger partial charge in [0.25, 0.3) is 5.82 Å². The van der Waals surface area contributed by atoms with E-state index in [0.717, 1.165) is 6.54 Å². The Morgan fingerprint density at radius 3 is 1.97 bits per heavy atom. The highest BCUT2D eigenvalue weighted by molar-refractivity contribution is 5.14. The van der Waals surface area contributed by atoms with E-state index in [0.29, 0.717) is 0 Å². The van der Waals surface area contributed by atoms with Crippen molar-refractivity contribution in [1.29, 1.82) is 0 Å². The van der Waals surface area contributed by atoms with Crippen LogP contribution in [0.4, 0.5) is 0 Å². The van der Waals surface area contributed by atoms with Crippen molar-refractivity contribution in [3.05, 3.63) is 54.1 Å². The van der Waals surface area contributed by atoms with Gasteiger partial charge >= 0.3 is 0 Å². The second kappa shape index (κ2) is 16.2. The van der Waals surface area contributed by atoms with E-state index >= 15 is 0 Å². The molecule has 0 fully saturated rings. The van der Waals surface area contributed by atoms with Gasteiger partial charge < -0.3 is 0 Å². The van der Waals surface area contributed by atoms with E-state index in [4.69, 9.17) is 0 Å². The summed E-state index contributed by atoms with van der Waals surface area (Å²) in [5, 5.41) is 0. The largest absolute Gasteiger partial charge is 0.256 e. The van der Waals surface area contributed by atoms with E-state index in [2.05, 4.69) is 65.7 Å². The third-order valence-corrected chi connectivity index (χ3v) is 6.30. The summed E-state index contributed by atoms with van der Waals surface area (Å²) in [5.74, 6) is 1.55. The van der Waals surface area contributed by atoms with Crippen molar-refractivity contribution in [1.82, 2.24) is 4.57 Å². The fraction of sp³-hybridized carbons (Fsp3) is 0.679. The van der Waals surface area contributed by atoms with Crippen LogP contribution in [0.5, 0.6) is 0 Å². The number of unbranched alkanes of at least 4 members (excludes halogenated alkanes) is 10. The molecular weight excluding hydrogens is 364 g/mol. The minimum absolute atomic E-state index is 1.14. The van der Waals surface area contributed by atoms with E-state index in [1.54, 1.807) is 5.82 Å². The molecule has 1 aromatic heterocycles. The van der Waals surface area contributed by atoms with Crippen LogP contribution in [0.1, 0.15) is 109 Å². The second-order valence-electron chi connectivity index (χ2n) is 8.98. The molecule has 0 N–H and O–H groups in total. The van der Waals surface area contributed by atoms with Gasteiger partial charge in [0.15, 0.2) is 0 Å². The van der Waals surface area contributed by atoms with Crippen LogP contribution < -0.4 is 4.57 Å². The van der Waals surface area contributed by atoms with Gasteiger partial charge in [0.05, 0.1) is 13.1 Å². The highest BCUT2D eigenvalue weighted by Gasteiger charge is 2.16. The van der Waals surface area contributed by atoms with E-state index < -0.39 is 0 Å². The van der Waals surface area contributed by atoms with Gasteiger partial charge in [0.1, 0.15) is 12.4 Å². The molecule has 0 saturated carbocycles. The van der Waals surface area contributed by atoms with Gasteiger partial charge in [0, 0.05) is 6.42 Å². The first-order chi connectivity index (χ1) is 14.8. The molecule has 168 valence electrons. The van der Waals surface area contributed by atoms with E-state index in [9.17, 15) is 0 Å². The lowest BCUT2D eigenvalue weighted by Crippen LogP contribution is -2.37. The van der Waals surface area contributed by atoms with Crippen molar-refractivity contribution in [2.24, 2.45) is 0 Å². The summed E-state index contributed by atoms with van der Waals surface area (Å²) < 4.78 is 5.06. The first-order valence-electron chi connectivity index (χ1n) is 13.0. The minimum atomic E-state index is 1.14. The summed E-state index contributed by atoms with van der Waals surface area (Å²) in [5.41, 5.74) is 1.46. The Balaban J connectivity index is 1.71. The smallest absolute Gasteiger partial charge is 0.234 e. The summed E-state index contributed by atoms with van der Waals surface area (Å²) in [4.78, 5) is 0. The van der Waals surface area contributed by atoms with E-state index in [1.165, 1.54) is 108 Å². The van der Waals surface area contributed by atoms with E-state index in [-0.39, 0.29) is 0 Å². The Hall–Kier alpha value is -1.57. The lowest BCUT2D eigenvalue weighted by atomic mass is 10.1. The van der Waals surface area contributed by atoms with Gasteiger partial charge in [-0.15, -0.1) is 0 Å². The van der Waals surface area contributed by atoms with Gasteiger partial charge in [-0.25, -0.2) is 9.13 Å². The average molecular weight is 412 g/mol. The average Bonchev–Trinajstić information content (AvgIpc) is 3.16. The number of nitrogens with zero attached hydrogens (tertiary/aromatic N) is 2. The Morgan fingerprint density at radius 2 is 1.30 bits per heavy atom. The van der Waals surface area contributed by atoms with Gasteiger partial charge in [-0.05, 0) is 31.2 Å². The predicted molar refractivity (Wildman–Crippen MR) is 130 cm³/mol. The van der Waals surface area contributed by atoms with Crippen LogP contribution in [0.2, 0.25) is 0 Å².